The van der Waals surface area contributed by atoms with E-state index in [-0.39, 0.29) is 25.1 Å². The van der Waals surface area contributed by atoms with Gasteiger partial charge in [0.2, 0.25) is 11.8 Å². The van der Waals surface area contributed by atoms with Gasteiger partial charge in [0.15, 0.2) is 0 Å². The fourth-order valence-corrected chi connectivity index (χ4v) is 2.17. The van der Waals surface area contributed by atoms with Gasteiger partial charge in [0.05, 0.1) is 25.1 Å². The summed E-state index contributed by atoms with van der Waals surface area (Å²) in [4.78, 5) is 35.2. The van der Waals surface area contributed by atoms with E-state index in [1.165, 1.54) is 30.3 Å². The summed E-state index contributed by atoms with van der Waals surface area (Å²) in [5.74, 6) is -1.79. The van der Waals surface area contributed by atoms with Gasteiger partial charge in [-0.15, -0.1) is 0 Å². The van der Waals surface area contributed by atoms with Crippen molar-refractivity contribution >= 4 is 23.5 Å². The zero-order chi connectivity index (χ0) is 18.9. The molecule has 0 heterocycles. The molecule has 0 saturated carbocycles. The molecule has 0 unspecified atom stereocenters. The lowest BCUT2D eigenvalue weighted by Gasteiger charge is -2.08. The van der Waals surface area contributed by atoms with Crippen molar-refractivity contribution in [2.45, 2.75) is 13.3 Å². The Morgan fingerprint density at radius 2 is 1.69 bits per heavy atom. The first-order chi connectivity index (χ1) is 12.5. The number of rotatable bonds is 7. The first-order valence-electron chi connectivity index (χ1n) is 8.06. The summed E-state index contributed by atoms with van der Waals surface area (Å²) in [5.41, 5.74) is 1.12. The summed E-state index contributed by atoms with van der Waals surface area (Å²) in [6.07, 6.45) is -0.145. The Hall–Kier alpha value is -3.22. The third kappa shape index (κ3) is 5.70. The maximum absolute atomic E-state index is 13.5. The highest BCUT2D eigenvalue weighted by Gasteiger charge is 2.10. The van der Waals surface area contributed by atoms with Gasteiger partial charge in [-0.2, -0.15) is 0 Å². The summed E-state index contributed by atoms with van der Waals surface area (Å²) in [5, 5.41) is 5.02. The second-order valence-electron chi connectivity index (χ2n) is 5.39. The largest absolute Gasteiger partial charge is 0.462 e. The van der Waals surface area contributed by atoms with Crippen molar-refractivity contribution in [1.29, 1.82) is 0 Å². The number of halogens is 1. The average molecular weight is 358 g/mol. The fraction of sp³-hybridized carbons (Fsp3) is 0.211. The molecule has 0 aliphatic rings. The summed E-state index contributed by atoms with van der Waals surface area (Å²) < 4.78 is 18.4. The minimum Gasteiger partial charge on any atom is -0.462 e. The van der Waals surface area contributed by atoms with Crippen molar-refractivity contribution in [2.75, 3.05) is 18.5 Å². The molecular formula is C19H19FN2O4. The molecule has 26 heavy (non-hydrogen) atoms. The molecule has 2 rings (SSSR count). The lowest BCUT2D eigenvalue weighted by molar-refractivity contribution is -0.123. The van der Waals surface area contributed by atoms with Crippen LogP contribution in [0.4, 0.5) is 10.1 Å². The molecule has 0 aliphatic carbocycles. The number of hydrogen-bond acceptors (Lipinski definition) is 4. The van der Waals surface area contributed by atoms with Crippen molar-refractivity contribution < 1.29 is 23.5 Å². The lowest BCUT2D eigenvalue weighted by Crippen LogP contribution is -2.33. The molecule has 0 bridgehead atoms. The Morgan fingerprint density at radius 1 is 1.00 bits per heavy atom. The maximum Gasteiger partial charge on any atom is 0.338 e. The highest BCUT2D eigenvalue weighted by molar-refractivity contribution is 5.95. The Kier molecular flexibility index (Phi) is 6.84. The third-order valence-corrected chi connectivity index (χ3v) is 3.43. The molecule has 136 valence electrons. The van der Waals surface area contributed by atoms with Gasteiger partial charge in [0.1, 0.15) is 5.82 Å². The molecule has 6 nitrogen and oxygen atoms in total. The molecule has 0 atom stereocenters. The van der Waals surface area contributed by atoms with E-state index in [9.17, 15) is 18.8 Å². The van der Waals surface area contributed by atoms with E-state index in [0.717, 1.165) is 0 Å². The Bertz CT molecular complexity index is 790. The first-order valence-corrected chi connectivity index (χ1v) is 8.06. The number of ether oxygens (including phenoxy) is 1. The summed E-state index contributed by atoms with van der Waals surface area (Å²) >= 11 is 0. The van der Waals surface area contributed by atoms with Crippen molar-refractivity contribution in [2.24, 2.45) is 0 Å². The molecule has 0 saturated heterocycles. The molecule has 0 aliphatic heterocycles. The second-order valence-corrected chi connectivity index (χ2v) is 5.39. The number of esters is 1. The molecule has 2 amide bonds. The number of carbonyl (C=O) groups is 3. The average Bonchev–Trinajstić information content (AvgIpc) is 2.63. The van der Waals surface area contributed by atoms with Gasteiger partial charge in [-0.05, 0) is 42.8 Å². The van der Waals surface area contributed by atoms with Crippen LogP contribution < -0.4 is 10.6 Å². The minimum absolute atomic E-state index is 0.145. The van der Waals surface area contributed by atoms with Crippen LogP contribution >= 0.6 is 0 Å². The van der Waals surface area contributed by atoms with E-state index in [2.05, 4.69) is 10.6 Å². The van der Waals surface area contributed by atoms with E-state index in [0.29, 0.717) is 11.3 Å². The highest BCUT2D eigenvalue weighted by atomic mass is 19.1. The molecule has 0 fully saturated rings. The van der Waals surface area contributed by atoms with Gasteiger partial charge in [-0.1, -0.05) is 18.2 Å². The molecule has 0 aromatic heterocycles. The third-order valence-electron chi connectivity index (χ3n) is 3.43. The van der Waals surface area contributed by atoms with Crippen molar-refractivity contribution in [1.82, 2.24) is 5.32 Å². The quantitative estimate of drug-likeness (QED) is 0.744. The number of carbonyl (C=O) groups excluding carboxylic acids is 3. The van der Waals surface area contributed by atoms with Crippen molar-refractivity contribution in [3.05, 3.63) is 65.5 Å². The first kappa shape index (κ1) is 19.1. The summed E-state index contributed by atoms with van der Waals surface area (Å²) in [6, 6.07) is 12.1. The number of benzene rings is 2. The predicted molar refractivity (Wildman–Crippen MR) is 94.1 cm³/mol. The minimum atomic E-state index is -0.464. The molecule has 2 aromatic rings. The molecule has 0 radical (unpaired) electrons. The fourth-order valence-electron chi connectivity index (χ4n) is 2.17. The standard InChI is InChI=1S/C19H19FN2O4/c1-2-26-19(25)13-7-9-15(10-8-13)22-18(24)12-21-17(23)11-14-5-3-4-6-16(14)20/h3-10H,2,11-12H2,1H3,(H,21,23)(H,22,24). The van der Waals surface area contributed by atoms with Gasteiger partial charge < -0.3 is 15.4 Å². The van der Waals surface area contributed by atoms with E-state index in [1.54, 1.807) is 25.1 Å². The molecule has 0 spiro atoms. The number of hydrogen-bond donors (Lipinski definition) is 2. The van der Waals surface area contributed by atoms with Crippen LogP contribution in [-0.4, -0.2) is 30.9 Å². The Morgan fingerprint density at radius 3 is 2.35 bits per heavy atom. The number of anilines is 1. The number of nitrogens with one attached hydrogen (secondary N) is 2. The highest BCUT2D eigenvalue weighted by Crippen LogP contribution is 2.10. The molecular weight excluding hydrogens is 339 g/mol. The zero-order valence-electron chi connectivity index (χ0n) is 14.3. The summed E-state index contributed by atoms with van der Waals surface area (Å²) in [7, 11) is 0. The summed E-state index contributed by atoms with van der Waals surface area (Å²) in [6.45, 7) is 1.75. The van der Waals surface area contributed by atoms with Crippen LogP contribution in [0.25, 0.3) is 0 Å². The predicted octanol–water partition coefficient (Wildman–Crippen LogP) is 2.30. The SMILES string of the molecule is CCOC(=O)c1ccc(NC(=O)CNC(=O)Cc2ccccc2F)cc1. The van der Waals surface area contributed by atoms with E-state index in [4.69, 9.17) is 4.74 Å². The second kappa shape index (κ2) is 9.31. The Labute approximate surface area is 150 Å². The maximum atomic E-state index is 13.5. The monoisotopic (exact) mass is 358 g/mol. The van der Waals surface area contributed by atoms with E-state index >= 15 is 0 Å². The van der Waals surface area contributed by atoms with Crippen LogP contribution in [0.2, 0.25) is 0 Å². The normalized spacial score (nSPS) is 10.1. The van der Waals surface area contributed by atoms with Crippen LogP contribution in [0.1, 0.15) is 22.8 Å². The van der Waals surface area contributed by atoms with Crippen molar-refractivity contribution in [3.63, 3.8) is 0 Å². The van der Waals surface area contributed by atoms with Gasteiger partial charge in [0.25, 0.3) is 0 Å². The van der Waals surface area contributed by atoms with Gasteiger partial charge in [-0.3, -0.25) is 9.59 Å². The zero-order valence-corrected chi connectivity index (χ0v) is 14.3. The topological polar surface area (TPSA) is 84.5 Å². The lowest BCUT2D eigenvalue weighted by atomic mass is 10.1. The van der Waals surface area contributed by atoms with Crippen LogP contribution in [0, 0.1) is 5.82 Å². The molecule has 2 aromatic carbocycles. The van der Waals surface area contributed by atoms with E-state index < -0.39 is 23.6 Å². The van der Waals surface area contributed by atoms with Crippen LogP contribution in [-0.2, 0) is 20.7 Å². The van der Waals surface area contributed by atoms with Crippen LogP contribution in [0.15, 0.2) is 48.5 Å². The van der Waals surface area contributed by atoms with Crippen LogP contribution in [0.5, 0.6) is 0 Å². The van der Waals surface area contributed by atoms with Crippen molar-refractivity contribution in [3.8, 4) is 0 Å². The number of amides is 2. The van der Waals surface area contributed by atoms with Gasteiger partial charge in [-0.25, -0.2) is 9.18 Å². The molecule has 2 N–H and O–H groups in total. The molecule has 7 heteroatoms. The van der Waals surface area contributed by atoms with E-state index in [1.807, 2.05) is 0 Å². The van der Waals surface area contributed by atoms with Gasteiger partial charge >= 0.3 is 5.97 Å². The Balaban J connectivity index is 1.80. The smallest absolute Gasteiger partial charge is 0.338 e. The van der Waals surface area contributed by atoms with Gasteiger partial charge in [0, 0.05) is 5.69 Å². The van der Waals surface area contributed by atoms with Crippen LogP contribution in [0.3, 0.4) is 0 Å².